The van der Waals surface area contributed by atoms with Gasteiger partial charge in [-0.3, -0.25) is 5.10 Å². The Kier molecular flexibility index (Phi) is 6.06. The van der Waals surface area contributed by atoms with Crippen molar-refractivity contribution in [1.29, 1.82) is 0 Å². The molecule has 0 saturated heterocycles. The van der Waals surface area contributed by atoms with Gasteiger partial charge in [0.15, 0.2) is 5.82 Å². The summed E-state index contributed by atoms with van der Waals surface area (Å²) in [5.74, 6) is 2.21. The molecule has 0 atom stereocenters. The molecule has 5 nitrogen and oxygen atoms in total. The van der Waals surface area contributed by atoms with Crippen molar-refractivity contribution in [3.63, 3.8) is 0 Å². The molecule has 0 spiro atoms. The van der Waals surface area contributed by atoms with Gasteiger partial charge in [0, 0.05) is 5.92 Å². The largest absolute Gasteiger partial charge is 0.490 e. The number of H-pyrrole nitrogens is 1. The van der Waals surface area contributed by atoms with Crippen LogP contribution in [0.2, 0.25) is 0 Å². The van der Waals surface area contributed by atoms with Crippen molar-refractivity contribution in [2.75, 3.05) is 0 Å². The number of halogens is 1. The normalized spacial score (nSPS) is 16.0. The average molecular weight is 423 g/mol. The molecule has 1 heterocycles. The van der Waals surface area contributed by atoms with Gasteiger partial charge in [-0.1, -0.05) is 19.3 Å². The number of aromatic amines is 1. The van der Waals surface area contributed by atoms with E-state index in [1.807, 2.05) is 38.3 Å². The smallest absolute Gasteiger partial charge is 0.216 e. The van der Waals surface area contributed by atoms with E-state index >= 15 is 0 Å². The molecular formula is C18H23BrN4OS. The van der Waals surface area contributed by atoms with Gasteiger partial charge in [-0.2, -0.15) is 14.9 Å². The van der Waals surface area contributed by atoms with Crippen LogP contribution in [0.4, 0.5) is 0 Å². The van der Waals surface area contributed by atoms with Crippen molar-refractivity contribution in [2.24, 2.45) is 5.10 Å². The molecule has 1 saturated carbocycles. The van der Waals surface area contributed by atoms with Crippen molar-refractivity contribution in [3.05, 3.63) is 38.8 Å². The van der Waals surface area contributed by atoms with E-state index in [1.165, 1.54) is 19.3 Å². The highest BCUT2D eigenvalue weighted by atomic mass is 79.9. The fourth-order valence-electron chi connectivity index (χ4n) is 3.11. The summed E-state index contributed by atoms with van der Waals surface area (Å²) in [6.45, 7) is 4.02. The lowest BCUT2D eigenvalue weighted by molar-refractivity contribution is 0.241. The van der Waals surface area contributed by atoms with Gasteiger partial charge in [0.2, 0.25) is 4.77 Å². The molecule has 7 heteroatoms. The summed E-state index contributed by atoms with van der Waals surface area (Å²) in [7, 11) is 0. The van der Waals surface area contributed by atoms with Crippen LogP contribution in [0.1, 0.15) is 63.3 Å². The highest BCUT2D eigenvalue weighted by Gasteiger charge is 2.21. The molecule has 25 heavy (non-hydrogen) atoms. The van der Waals surface area contributed by atoms with Gasteiger partial charge >= 0.3 is 0 Å². The highest BCUT2D eigenvalue weighted by molar-refractivity contribution is 9.10. The van der Waals surface area contributed by atoms with E-state index in [-0.39, 0.29) is 6.10 Å². The van der Waals surface area contributed by atoms with E-state index in [9.17, 15) is 0 Å². The average Bonchev–Trinajstić information content (AvgIpc) is 2.96. The minimum absolute atomic E-state index is 0.137. The van der Waals surface area contributed by atoms with Gasteiger partial charge in [0.05, 0.1) is 16.8 Å². The zero-order valence-corrected chi connectivity index (χ0v) is 16.9. The zero-order chi connectivity index (χ0) is 17.8. The summed E-state index contributed by atoms with van der Waals surface area (Å²) < 4.78 is 8.95. The maximum Gasteiger partial charge on any atom is 0.216 e. The molecule has 0 bridgehead atoms. The molecule has 2 aromatic rings. The number of hydrogen-bond acceptors (Lipinski definition) is 4. The molecule has 3 rings (SSSR count). The highest BCUT2D eigenvalue weighted by Crippen LogP contribution is 2.31. The van der Waals surface area contributed by atoms with Crippen molar-refractivity contribution in [1.82, 2.24) is 14.9 Å². The van der Waals surface area contributed by atoms with Gasteiger partial charge in [-0.15, -0.1) is 0 Å². The second-order valence-corrected chi connectivity index (χ2v) is 7.88. The summed E-state index contributed by atoms with van der Waals surface area (Å²) in [4.78, 5) is 0. The molecule has 1 aliphatic carbocycles. The molecule has 0 unspecified atom stereocenters. The lowest BCUT2D eigenvalue weighted by atomic mass is 9.89. The van der Waals surface area contributed by atoms with E-state index in [0.29, 0.717) is 10.7 Å². The van der Waals surface area contributed by atoms with Crippen LogP contribution < -0.4 is 4.74 Å². The number of rotatable bonds is 5. The van der Waals surface area contributed by atoms with E-state index in [2.05, 4.69) is 31.2 Å². The molecule has 1 aromatic heterocycles. The number of aromatic nitrogens is 3. The topological polar surface area (TPSA) is 55.2 Å². The first-order valence-electron chi connectivity index (χ1n) is 8.72. The molecule has 134 valence electrons. The fourth-order valence-corrected chi connectivity index (χ4v) is 3.79. The van der Waals surface area contributed by atoms with Crippen molar-refractivity contribution in [2.45, 2.75) is 58.0 Å². The van der Waals surface area contributed by atoms with Crippen LogP contribution >= 0.6 is 28.1 Å². The van der Waals surface area contributed by atoms with Gasteiger partial charge in [-0.05, 0) is 78.6 Å². The van der Waals surface area contributed by atoms with Gasteiger partial charge in [-0.25, -0.2) is 0 Å². The van der Waals surface area contributed by atoms with Gasteiger partial charge in [0.25, 0.3) is 0 Å². The molecule has 0 amide bonds. The Balaban J connectivity index is 1.81. The SMILES string of the molecule is CC(C)Oc1ccc(/C=N\n2c(C3CCCCC3)n[nH]c2=S)cc1Br. The Morgan fingerprint density at radius 2 is 2.12 bits per heavy atom. The summed E-state index contributed by atoms with van der Waals surface area (Å²) in [6, 6.07) is 5.92. The summed E-state index contributed by atoms with van der Waals surface area (Å²) >= 11 is 8.91. The standard InChI is InChI=1S/C18H23BrN4OS/c1-12(2)24-16-9-8-13(10-15(16)19)11-20-23-17(21-22-18(23)25)14-6-4-3-5-7-14/h8-12,14H,3-7H2,1-2H3,(H,22,25)/b20-11-. The first kappa shape index (κ1) is 18.3. The number of nitrogens with zero attached hydrogens (tertiary/aromatic N) is 3. The summed E-state index contributed by atoms with van der Waals surface area (Å²) in [5.41, 5.74) is 0.973. The lowest BCUT2D eigenvalue weighted by Crippen LogP contribution is -2.10. The van der Waals surface area contributed by atoms with E-state index < -0.39 is 0 Å². The predicted molar refractivity (Wildman–Crippen MR) is 106 cm³/mol. The lowest BCUT2D eigenvalue weighted by Gasteiger charge is -2.19. The summed E-state index contributed by atoms with van der Waals surface area (Å²) in [5, 5.41) is 11.9. The minimum Gasteiger partial charge on any atom is -0.490 e. The third kappa shape index (κ3) is 4.58. The Bertz CT molecular complexity index is 806. The van der Waals surface area contributed by atoms with Crippen LogP contribution in [-0.2, 0) is 0 Å². The zero-order valence-electron chi connectivity index (χ0n) is 14.5. The monoisotopic (exact) mass is 422 g/mol. The first-order chi connectivity index (χ1) is 12.0. The molecule has 1 aromatic carbocycles. The Hall–Kier alpha value is -1.47. The van der Waals surface area contributed by atoms with Gasteiger partial charge in [0.1, 0.15) is 5.75 Å². The minimum atomic E-state index is 0.137. The predicted octanol–water partition coefficient (Wildman–Crippen LogP) is 5.42. The summed E-state index contributed by atoms with van der Waals surface area (Å²) in [6.07, 6.45) is 8.06. The van der Waals surface area contributed by atoms with Crippen molar-refractivity contribution in [3.8, 4) is 5.75 Å². The van der Waals surface area contributed by atoms with Crippen LogP contribution in [0.5, 0.6) is 5.75 Å². The second kappa shape index (κ2) is 8.27. The number of hydrogen-bond donors (Lipinski definition) is 1. The van der Waals surface area contributed by atoms with E-state index in [0.717, 1.165) is 34.5 Å². The molecule has 0 radical (unpaired) electrons. The van der Waals surface area contributed by atoms with E-state index in [1.54, 1.807) is 4.68 Å². The quantitative estimate of drug-likeness (QED) is 0.516. The number of nitrogens with one attached hydrogen (secondary N) is 1. The van der Waals surface area contributed by atoms with Crippen molar-refractivity contribution < 1.29 is 4.74 Å². The number of benzene rings is 1. The van der Waals surface area contributed by atoms with E-state index in [4.69, 9.17) is 17.0 Å². The van der Waals surface area contributed by atoms with Crippen LogP contribution in [0.25, 0.3) is 0 Å². The maximum absolute atomic E-state index is 5.74. The molecule has 1 N–H and O–H groups in total. The van der Waals surface area contributed by atoms with Gasteiger partial charge < -0.3 is 4.74 Å². The molecule has 1 aliphatic rings. The van der Waals surface area contributed by atoms with Crippen LogP contribution in [0.3, 0.4) is 0 Å². The van der Waals surface area contributed by atoms with Crippen molar-refractivity contribution >= 4 is 34.4 Å². The number of ether oxygens (including phenoxy) is 1. The molecule has 1 fully saturated rings. The molecular weight excluding hydrogens is 400 g/mol. The Labute approximate surface area is 161 Å². The Morgan fingerprint density at radius 3 is 2.80 bits per heavy atom. The van der Waals surface area contributed by atoms with Crippen LogP contribution in [-0.4, -0.2) is 27.2 Å². The third-order valence-corrected chi connectivity index (χ3v) is 5.17. The Morgan fingerprint density at radius 1 is 1.36 bits per heavy atom. The first-order valence-corrected chi connectivity index (χ1v) is 9.92. The maximum atomic E-state index is 5.74. The third-order valence-electron chi connectivity index (χ3n) is 4.29. The van der Waals surface area contributed by atoms with Crippen LogP contribution in [0.15, 0.2) is 27.8 Å². The fraction of sp³-hybridized carbons (Fsp3) is 0.500. The molecule has 0 aliphatic heterocycles. The van der Waals surface area contributed by atoms with Crippen LogP contribution in [0, 0.1) is 4.77 Å². The second-order valence-electron chi connectivity index (χ2n) is 6.63.